The van der Waals surface area contributed by atoms with E-state index in [4.69, 9.17) is 0 Å². The zero-order valence-electron chi connectivity index (χ0n) is 8.85. The summed E-state index contributed by atoms with van der Waals surface area (Å²) >= 11 is 0. The van der Waals surface area contributed by atoms with E-state index in [-0.39, 0.29) is 5.56 Å². The molecule has 2 rings (SSSR count). The van der Waals surface area contributed by atoms with Crippen LogP contribution >= 0.6 is 0 Å². The summed E-state index contributed by atoms with van der Waals surface area (Å²) in [5, 5.41) is 0. The highest BCUT2D eigenvalue weighted by molar-refractivity contribution is 5.90. The number of carbonyl (C=O) groups excluding carboxylic acids is 1. The summed E-state index contributed by atoms with van der Waals surface area (Å²) < 4.78 is 73.4. The van der Waals surface area contributed by atoms with Crippen LogP contribution in [0.2, 0.25) is 0 Å². The number of rotatable bonds is 2. The summed E-state index contributed by atoms with van der Waals surface area (Å²) in [6.45, 7) is 0. The molecule has 3 nitrogen and oxygen atoms in total. The maximum atomic E-state index is 13.2. The lowest BCUT2D eigenvalue weighted by molar-refractivity contribution is 0.0715. The summed E-state index contributed by atoms with van der Waals surface area (Å²) in [5.41, 5.74) is -0.246. The Labute approximate surface area is 102 Å². The van der Waals surface area contributed by atoms with Gasteiger partial charge in [0.25, 0.3) is 0 Å². The first-order chi connectivity index (χ1) is 8.93. The van der Waals surface area contributed by atoms with Gasteiger partial charge >= 0.3 is 5.97 Å². The number of furan rings is 1. The molecule has 0 radical (unpaired) electrons. The molecule has 2 aromatic rings. The second-order valence-corrected chi connectivity index (χ2v) is 3.30. The highest BCUT2D eigenvalue weighted by Gasteiger charge is 2.28. The maximum absolute atomic E-state index is 13.2. The summed E-state index contributed by atoms with van der Waals surface area (Å²) in [5.74, 6) is -14.2. The highest BCUT2D eigenvalue weighted by Crippen LogP contribution is 2.29. The minimum absolute atomic E-state index is 0.246. The number of hydrogen-bond acceptors (Lipinski definition) is 3. The molecule has 1 aromatic heterocycles. The predicted molar refractivity (Wildman–Crippen MR) is 49.9 cm³/mol. The second kappa shape index (κ2) is 4.71. The molecule has 100 valence electrons. The number of benzene rings is 1. The van der Waals surface area contributed by atoms with Gasteiger partial charge in [0.05, 0.1) is 11.8 Å². The van der Waals surface area contributed by atoms with E-state index in [1.54, 1.807) is 0 Å². The molecule has 0 N–H and O–H groups in total. The van der Waals surface area contributed by atoms with E-state index in [0.717, 1.165) is 18.6 Å². The normalized spacial score (nSPS) is 10.6. The van der Waals surface area contributed by atoms with E-state index in [1.165, 1.54) is 0 Å². The number of esters is 1. The third-order valence-electron chi connectivity index (χ3n) is 2.12. The van der Waals surface area contributed by atoms with E-state index < -0.39 is 40.8 Å². The summed E-state index contributed by atoms with van der Waals surface area (Å²) in [6.07, 6.45) is 1.95. The third-order valence-corrected chi connectivity index (χ3v) is 2.12. The largest absolute Gasteiger partial charge is 0.472 e. The van der Waals surface area contributed by atoms with Crippen molar-refractivity contribution in [3.05, 3.63) is 53.2 Å². The van der Waals surface area contributed by atoms with E-state index in [0.29, 0.717) is 0 Å². The summed E-state index contributed by atoms with van der Waals surface area (Å²) in [7, 11) is 0. The molecule has 0 aliphatic carbocycles. The first-order valence-corrected chi connectivity index (χ1v) is 4.69. The average Bonchev–Trinajstić information content (AvgIpc) is 2.93. The lowest BCUT2D eigenvalue weighted by atomic mass is 10.2. The van der Waals surface area contributed by atoms with Crippen molar-refractivity contribution >= 4 is 5.97 Å². The minimum Gasteiger partial charge on any atom is -0.472 e. The topological polar surface area (TPSA) is 39.4 Å². The van der Waals surface area contributed by atoms with Gasteiger partial charge in [0.1, 0.15) is 6.26 Å². The van der Waals surface area contributed by atoms with Crippen LogP contribution in [0.4, 0.5) is 22.0 Å². The van der Waals surface area contributed by atoms with Crippen LogP contribution in [0.5, 0.6) is 5.75 Å². The van der Waals surface area contributed by atoms with Gasteiger partial charge in [0.15, 0.2) is 0 Å². The van der Waals surface area contributed by atoms with Gasteiger partial charge in [-0.3, -0.25) is 0 Å². The fraction of sp³-hybridized carbons (Fsp3) is 0. The molecular weight excluding hydrogens is 275 g/mol. The van der Waals surface area contributed by atoms with Crippen LogP contribution in [0.15, 0.2) is 23.0 Å². The lowest BCUT2D eigenvalue weighted by Gasteiger charge is -2.07. The van der Waals surface area contributed by atoms with Gasteiger partial charge in [-0.2, -0.15) is 8.78 Å². The van der Waals surface area contributed by atoms with Crippen LogP contribution in [0.3, 0.4) is 0 Å². The third kappa shape index (κ3) is 2.16. The van der Waals surface area contributed by atoms with E-state index in [9.17, 15) is 26.7 Å². The van der Waals surface area contributed by atoms with E-state index in [1.807, 2.05) is 0 Å². The molecule has 1 aromatic carbocycles. The van der Waals surface area contributed by atoms with Crippen molar-refractivity contribution in [3.63, 3.8) is 0 Å². The van der Waals surface area contributed by atoms with Crippen molar-refractivity contribution in [2.75, 3.05) is 0 Å². The van der Waals surface area contributed by atoms with Crippen LogP contribution in [0.25, 0.3) is 0 Å². The Bertz CT molecular complexity index is 607. The van der Waals surface area contributed by atoms with E-state index in [2.05, 4.69) is 9.15 Å². The zero-order valence-corrected chi connectivity index (χ0v) is 8.85. The average molecular weight is 278 g/mol. The van der Waals surface area contributed by atoms with Crippen molar-refractivity contribution < 1.29 is 35.9 Å². The van der Waals surface area contributed by atoms with Gasteiger partial charge in [-0.25, -0.2) is 18.0 Å². The molecule has 0 aliphatic heterocycles. The van der Waals surface area contributed by atoms with Gasteiger partial charge in [0, 0.05) is 0 Å². The molecule has 0 spiro atoms. The zero-order chi connectivity index (χ0) is 14.2. The molecule has 0 amide bonds. The molecule has 0 fully saturated rings. The Hall–Kier alpha value is -2.38. The predicted octanol–water partition coefficient (Wildman–Crippen LogP) is 3.19. The van der Waals surface area contributed by atoms with Crippen LogP contribution in [0.1, 0.15) is 10.4 Å². The van der Waals surface area contributed by atoms with E-state index >= 15 is 0 Å². The highest BCUT2D eigenvalue weighted by atomic mass is 19.2. The molecule has 0 bridgehead atoms. The number of halogens is 5. The smallest absolute Gasteiger partial charge is 0.347 e. The molecule has 19 heavy (non-hydrogen) atoms. The first-order valence-electron chi connectivity index (χ1n) is 4.69. The van der Waals surface area contributed by atoms with Crippen molar-refractivity contribution in [2.24, 2.45) is 0 Å². The molecule has 0 aliphatic rings. The Kier molecular flexibility index (Phi) is 3.24. The molecule has 1 heterocycles. The van der Waals surface area contributed by atoms with Crippen molar-refractivity contribution in [2.45, 2.75) is 0 Å². The fourth-order valence-corrected chi connectivity index (χ4v) is 1.21. The molecular formula is C11H3F5O3. The fourth-order valence-electron chi connectivity index (χ4n) is 1.21. The van der Waals surface area contributed by atoms with Gasteiger partial charge in [-0.05, 0) is 6.07 Å². The maximum Gasteiger partial charge on any atom is 0.347 e. The number of carbonyl (C=O) groups is 1. The standard InChI is InChI=1S/C11H3F5O3/c12-5-6(13)8(15)10(9(16)7(5)14)19-11(17)4-1-2-18-3-4/h1-3H. The Morgan fingerprint density at radius 3 is 1.95 bits per heavy atom. The van der Waals surface area contributed by atoms with Gasteiger partial charge in [-0.15, -0.1) is 0 Å². The lowest BCUT2D eigenvalue weighted by Crippen LogP contribution is -2.13. The first kappa shape index (κ1) is 13.1. The number of ether oxygens (including phenoxy) is 1. The molecule has 0 saturated carbocycles. The van der Waals surface area contributed by atoms with Crippen molar-refractivity contribution in [1.82, 2.24) is 0 Å². The van der Waals surface area contributed by atoms with Crippen LogP contribution in [-0.4, -0.2) is 5.97 Å². The van der Waals surface area contributed by atoms with Crippen molar-refractivity contribution in [3.8, 4) is 5.75 Å². The Balaban J connectivity index is 2.44. The van der Waals surface area contributed by atoms with Gasteiger partial charge < -0.3 is 9.15 Å². The van der Waals surface area contributed by atoms with Gasteiger partial charge in [-0.1, -0.05) is 0 Å². The molecule has 8 heteroatoms. The second-order valence-electron chi connectivity index (χ2n) is 3.30. The van der Waals surface area contributed by atoms with Crippen LogP contribution in [0, 0.1) is 29.1 Å². The van der Waals surface area contributed by atoms with Crippen LogP contribution in [-0.2, 0) is 0 Å². The summed E-state index contributed by atoms with van der Waals surface area (Å²) in [6, 6.07) is 1.09. The Morgan fingerprint density at radius 2 is 1.47 bits per heavy atom. The monoisotopic (exact) mass is 278 g/mol. The van der Waals surface area contributed by atoms with Gasteiger partial charge in [0.2, 0.25) is 34.8 Å². The molecule has 0 unspecified atom stereocenters. The van der Waals surface area contributed by atoms with Crippen LogP contribution < -0.4 is 4.74 Å². The molecule has 0 atom stereocenters. The minimum atomic E-state index is -2.34. The summed E-state index contributed by atoms with van der Waals surface area (Å²) in [4.78, 5) is 11.3. The SMILES string of the molecule is O=C(Oc1c(F)c(F)c(F)c(F)c1F)c1ccoc1. The van der Waals surface area contributed by atoms with Crippen molar-refractivity contribution in [1.29, 1.82) is 0 Å². The Morgan fingerprint density at radius 1 is 0.947 bits per heavy atom. The molecule has 0 saturated heterocycles. The quantitative estimate of drug-likeness (QED) is 0.278. The number of hydrogen-bond donors (Lipinski definition) is 0.